The zero-order valence-corrected chi connectivity index (χ0v) is 11.9. The highest BCUT2D eigenvalue weighted by Crippen LogP contribution is 2.27. The number of anilines is 3. The lowest BCUT2D eigenvalue weighted by molar-refractivity contribution is 0.653. The smallest absolute Gasteiger partial charge is 0.123 e. The van der Waals surface area contributed by atoms with Gasteiger partial charge in [-0.15, -0.1) is 0 Å². The molecule has 1 aromatic carbocycles. The predicted octanol–water partition coefficient (Wildman–Crippen LogP) is 2.64. The van der Waals surface area contributed by atoms with Gasteiger partial charge in [0.1, 0.15) is 5.82 Å². The first-order chi connectivity index (χ1) is 9.74. The van der Waals surface area contributed by atoms with Crippen molar-refractivity contribution in [3.8, 4) is 0 Å². The third kappa shape index (κ3) is 2.65. The lowest BCUT2D eigenvalue weighted by Gasteiger charge is -2.37. The summed E-state index contributed by atoms with van der Waals surface area (Å²) in [6.45, 7) is 3.82. The molecule has 0 amide bonds. The summed E-state index contributed by atoms with van der Waals surface area (Å²) in [6.07, 6.45) is 1.83. The Morgan fingerprint density at radius 1 is 0.950 bits per heavy atom. The molecule has 3 rings (SSSR count). The summed E-state index contributed by atoms with van der Waals surface area (Å²) >= 11 is 6.25. The second-order valence-corrected chi connectivity index (χ2v) is 5.27. The average molecular weight is 289 g/mol. The summed E-state index contributed by atoms with van der Waals surface area (Å²) < 4.78 is 0. The van der Waals surface area contributed by atoms with Crippen LogP contribution in [-0.4, -0.2) is 31.2 Å². The maximum atomic E-state index is 6.25. The molecule has 5 heteroatoms. The number of nitrogen functional groups attached to an aromatic ring is 1. The van der Waals surface area contributed by atoms with Crippen LogP contribution in [0.4, 0.5) is 17.2 Å². The maximum Gasteiger partial charge on any atom is 0.123 e. The SMILES string of the molecule is Nc1ccc(N2CCN(c3ccccc3Cl)CC2)cn1. The van der Waals surface area contributed by atoms with Gasteiger partial charge in [0.25, 0.3) is 0 Å². The molecule has 2 heterocycles. The highest BCUT2D eigenvalue weighted by atomic mass is 35.5. The molecule has 1 aliphatic heterocycles. The van der Waals surface area contributed by atoms with Gasteiger partial charge in [-0.1, -0.05) is 23.7 Å². The molecule has 0 unspecified atom stereocenters. The highest BCUT2D eigenvalue weighted by Gasteiger charge is 2.18. The molecular weight excluding hydrogens is 272 g/mol. The van der Waals surface area contributed by atoms with Gasteiger partial charge in [-0.05, 0) is 24.3 Å². The van der Waals surface area contributed by atoms with Crippen LogP contribution in [0.25, 0.3) is 0 Å². The van der Waals surface area contributed by atoms with E-state index >= 15 is 0 Å². The van der Waals surface area contributed by atoms with Crippen LogP contribution in [0.1, 0.15) is 0 Å². The van der Waals surface area contributed by atoms with E-state index in [2.05, 4.69) is 20.9 Å². The first-order valence-electron chi connectivity index (χ1n) is 6.70. The number of hydrogen-bond acceptors (Lipinski definition) is 4. The van der Waals surface area contributed by atoms with Crippen molar-refractivity contribution in [3.05, 3.63) is 47.6 Å². The summed E-state index contributed by atoms with van der Waals surface area (Å²) in [6, 6.07) is 11.9. The van der Waals surface area contributed by atoms with Crippen LogP contribution in [0, 0.1) is 0 Å². The molecule has 2 N–H and O–H groups in total. The number of para-hydroxylation sites is 1. The maximum absolute atomic E-state index is 6.25. The van der Waals surface area contributed by atoms with E-state index in [0.29, 0.717) is 5.82 Å². The Bertz CT molecular complexity index is 577. The number of nitrogens with zero attached hydrogens (tertiary/aromatic N) is 3. The minimum atomic E-state index is 0.559. The van der Waals surface area contributed by atoms with Crippen molar-refractivity contribution >= 4 is 28.8 Å². The van der Waals surface area contributed by atoms with Gasteiger partial charge in [0, 0.05) is 26.2 Å². The Kier molecular flexibility index (Phi) is 3.65. The fraction of sp³-hybridized carbons (Fsp3) is 0.267. The van der Waals surface area contributed by atoms with E-state index in [4.69, 9.17) is 17.3 Å². The lowest BCUT2D eigenvalue weighted by Crippen LogP contribution is -2.46. The molecule has 1 aromatic heterocycles. The highest BCUT2D eigenvalue weighted by molar-refractivity contribution is 6.33. The number of halogens is 1. The van der Waals surface area contributed by atoms with Crippen LogP contribution in [0.15, 0.2) is 42.6 Å². The molecule has 0 saturated carbocycles. The average Bonchev–Trinajstić information content (AvgIpc) is 2.49. The molecule has 0 aliphatic carbocycles. The molecule has 2 aromatic rings. The largest absolute Gasteiger partial charge is 0.384 e. The second kappa shape index (κ2) is 5.59. The molecule has 0 bridgehead atoms. The fourth-order valence-electron chi connectivity index (χ4n) is 2.50. The third-order valence-electron chi connectivity index (χ3n) is 3.61. The van der Waals surface area contributed by atoms with Gasteiger partial charge in [-0.2, -0.15) is 0 Å². The topological polar surface area (TPSA) is 45.4 Å². The number of pyridine rings is 1. The number of benzene rings is 1. The fourth-order valence-corrected chi connectivity index (χ4v) is 2.75. The van der Waals surface area contributed by atoms with Crippen LogP contribution in [-0.2, 0) is 0 Å². The standard InChI is InChI=1S/C15H17ClN4/c16-13-3-1-2-4-14(13)20-9-7-19(8-10-20)12-5-6-15(17)18-11-12/h1-6,11H,7-10H2,(H2,17,18). The molecule has 4 nitrogen and oxygen atoms in total. The van der Waals surface area contributed by atoms with E-state index in [1.807, 2.05) is 36.5 Å². The monoisotopic (exact) mass is 288 g/mol. The molecule has 0 radical (unpaired) electrons. The summed E-state index contributed by atoms with van der Waals surface area (Å²) in [5, 5.41) is 0.815. The lowest BCUT2D eigenvalue weighted by atomic mass is 10.2. The van der Waals surface area contributed by atoms with E-state index in [1.165, 1.54) is 0 Å². The Morgan fingerprint density at radius 2 is 1.65 bits per heavy atom. The normalized spacial score (nSPS) is 15.4. The van der Waals surface area contributed by atoms with Gasteiger partial charge >= 0.3 is 0 Å². The summed E-state index contributed by atoms with van der Waals surface area (Å²) in [5.74, 6) is 0.559. The quantitative estimate of drug-likeness (QED) is 0.923. The zero-order chi connectivity index (χ0) is 13.9. The first-order valence-corrected chi connectivity index (χ1v) is 7.08. The van der Waals surface area contributed by atoms with Crippen LogP contribution < -0.4 is 15.5 Å². The van der Waals surface area contributed by atoms with E-state index in [0.717, 1.165) is 42.6 Å². The molecule has 1 saturated heterocycles. The van der Waals surface area contributed by atoms with Crippen molar-refractivity contribution in [2.45, 2.75) is 0 Å². The van der Waals surface area contributed by atoms with Gasteiger partial charge in [0.15, 0.2) is 0 Å². The van der Waals surface area contributed by atoms with E-state index in [1.54, 1.807) is 0 Å². The van der Waals surface area contributed by atoms with Gasteiger partial charge < -0.3 is 15.5 Å². The Hall–Kier alpha value is -1.94. The van der Waals surface area contributed by atoms with E-state index in [9.17, 15) is 0 Å². The molecule has 0 spiro atoms. The molecule has 1 aliphatic rings. The molecule has 1 fully saturated rings. The molecular formula is C15H17ClN4. The molecule has 104 valence electrons. The van der Waals surface area contributed by atoms with Crippen molar-refractivity contribution in [1.29, 1.82) is 0 Å². The molecule has 20 heavy (non-hydrogen) atoms. The zero-order valence-electron chi connectivity index (χ0n) is 11.2. The summed E-state index contributed by atoms with van der Waals surface area (Å²) in [7, 11) is 0. The van der Waals surface area contributed by atoms with Gasteiger partial charge in [-0.3, -0.25) is 0 Å². The number of rotatable bonds is 2. The number of piperazine rings is 1. The summed E-state index contributed by atoms with van der Waals surface area (Å²) in [4.78, 5) is 8.79. The van der Waals surface area contributed by atoms with Crippen LogP contribution in [0.5, 0.6) is 0 Å². The Labute approximate surface area is 123 Å². The number of hydrogen-bond donors (Lipinski definition) is 1. The number of aromatic nitrogens is 1. The van der Waals surface area contributed by atoms with Crippen molar-refractivity contribution in [1.82, 2.24) is 4.98 Å². The second-order valence-electron chi connectivity index (χ2n) is 4.87. The summed E-state index contributed by atoms with van der Waals surface area (Å²) in [5.41, 5.74) is 7.86. The van der Waals surface area contributed by atoms with Crippen molar-refractivity contribution in [2.75, 3.05) is 41.7 Å². The van der Waals surface area contributed by atoms with Gasteiger partial charge in [0.05, 0.1) is 22.6 Å². The predicted molar refractivity (Wildman–Crippen MR) is 84.5 cm³/mol. The van der Waals surface area contributed by atoms with Crippen LogP contribution in [0.3, 0.4) is 0 Å². The van der Waals surface area contributed by atoms with E-state index < -0.39 is 0 Å². The minimum Gasteiger partial charge on any atom is -0.384 e. The van der Waals surface area contributed by atoms with Crippen molar-refractivity contribution < 1.29 is 0 Å². The number of nitrogens with two attached hydrogens (primary N) is 1. The van der Waals surface area contributed by atoms with Crippen molar-refractivity contribution in [2.24, 2.45) is 0 Å². The van der Waals surface area contributed by atoms with Gasteiger partial charge in [0.2, 0.25) is 0 Å². The minimum absolute atomic E-state index is 0.559. The van der Waals surface area contributed by atoms with Gasteiger partial charge in [-0.25, -0.2) is 4.98 Å². The first kappa shape index (κ1) is 13.1. The van der Waals surface area contributed by atoms with Crippen molar-refractivity contribution in [3.63, 3.8) is 0 Å². The van der Waals surface area contributed by atoms with Crippen LogP contribution in [0.2, 0.25) is 5.02 Å². The van der Waals surface area contributed by atoms with E-state index in [-0.39, 0.29) is 0 Å². The Morgan fingerprint density at radius 3 is 2.30 bits per heavy atom. The van der Waals surface area contributed by atoms with Crippen LogP contribution >= 0.6 is 11.6 Å². The Balaban J connectivity index is 1.68. The molecule has 0 atom stereocenters. The third-order valence-corrected chi connectivity index (χ3v) is 3.93.